The van der Waals surface area contributed by atoms with Crippen molar-refractivity contribution in [2.24, 2.45) is 5.73 Å². The number of hydrogen-bond acceptors (Lipinski definition) is 4. The van der Waals surface area contributed by atoms with E-state index in [0.29, 0.717) is 11.6 Å². The topological polar surface area (TPSA) is 62.3 Å². The first-order valence-electron chi connectivity index (χ1n) is 9.40. The number of likely N-dealkylation sites (tertiary alicyclic amines) is 1. The van der Waals surface area contributed by atoms with Crippen molar-refractivity contribution >= 4 is 0 Å². The second kappa shape index (κ2) is 7.11. The normalized spacial score (nSPS) is 25.5. The Labute approximate surface area is 155 Å². The molecule has 0 spiro atoms. The Morgan fingerprint density at radius 1 is 1.23 bits per heavy atom. The molecule has 0 aromatic heterocycles. The van der Waals surface area contributed by atoms with E-state index in [1.54, 1.807) is 0 Å². The molecule has 3 atom stereocenters. The summed E-state index contributed by atoms with van der Waals surface area (Å²) in [5.41, 5.74) is 10.6. The Hall–Kier alpha value is -2.35. The van der Waals surface area contributed by atoms with E-state index in [2.05, 4.69) is 35.2 Å². The number of nitrogens with zero attached hydrogens (tertiary/aromatic N) is 2. The molecule has 4 rings (SSSR count). The number of fused-ring (bicyclic) bond motifs is 1. The van der Waals surface area contributed by atoms with Gasteiger partial charge in [-0.2, -0.15) is 5.26 Å². The number of nitrogens with two attached hydrogens (primary N) is 1. The maximum atomic E-state index is 9.10. The molecule has 1 heterocycles. The van der Waals surface area contributed by atoms with Gasteiger partial charge in [0.25, 0.3) is 0 Å². The van der Waals surface area contributed by atoms with Crippen LogP contribution in [0, 0.1) is 18.3 Å². The fourth-order valence-electron chi connectivity index (χ4n) is 4.33. The molecule has 0 bridgehead atoms. The van der Waals surface area contributed by atoms with E-state index < -0.39 is 0 Å². The minimum Gasteiger partial charge on any atom is -0.484 e. The molecule has 1 saturated heterocycles. The fraction of sp³-hybridized carbons (Fsp3) is 0.409. The SMILES string of the molecule is Cc1cc(C#N)ccc1O[C@@H]1c2ccccc2C[C@H]1N1CCC[C@@H](N)C1. The highest BCUT2D eigenvalue weighted by Gasteiger charge is 2.39. The molecule has 4 heteroatoms. The minimum absolute atomic E-state index is 0.00290. The Morgan fingerprint density at radius 3 is 2.85 bits per heavy atom. The van der Waals surface area contributed by atoms with Crippen LogP contribution in [0.25, 0.3) is 0 Å². The third-order valence-corrected chi connectivity index (χ3v) is 5.66. The number of ether oxygens (including phenoxy) is 1. The summed E-state index contributed by atoms with van der Waals surface area (Å²) in [4.78, 5) is 2.51. The van der Waals surface area contributed by atoms with Gasteiger partial charge < -0.3 is 10.5 Å². The molecular formula is C22H25N3O. The first-order valence-corrected chi connectivity index (χ1v) is 9.40. The van der Waals surface area contributed by atoms with Gasteiger partial charge in [-0.3, -0.25) is 4.90 Å². The highest BCUT2D eigenvalue weighted by atomic mass is 16.5. The van der Waals surface area contributed by atoms with E-state index in [1.165, 1.54) is 11.1 Å². The number of hydrogen-bond donors (Lipinski definition) is 1. The second-order valence-electron chi connectivity index (χ2n) is 7.50. The van der Waals surface area contributed by atoms with Crippen LogP contribution in [0.4, 0.5) is 0 Å². The van der Waals surface area contributed by atoms with Gasteiger partial charge in [0, 0.05) is 12.6 Å². The van der Waals surface area contributed by atoms with Gasteiger partial charge in [-0.15, -0.1) is 0 Å². The van der Waals surface area contributed by atoms with Crippen molar-refractivity contribution < 1.29 is 4.74 Å². The highest BCUT2D eigenvalue weighted by Crippen LogP contribution is 2.39. The van der Waals surface area contributed by atoms with Crippen LogP contribution in [-0.2, 0) is 6.42 Å². The zero-order chi connectivity index (χ0) is 18.1. The van der Waals surface area contributed by atoms with E-state index in [1.807, 2.05) is 25.1 Å². The van der Waals surface area contributed by atoms with Crippen LogP contribution >= 0.6 is 0 Å². The maximum absolute atomic E-state index is 9.10. The Morgan fingerprint density at radius 2 is 2.08 bits per heavy atom. The average Bonchev–Trinajstić information content (AvgIpc) is 3.02. The minimum atomic E-state index is 0.00290. The van der Waals surface area contributed by atoms with Crippen LogP contribution in [0.1, 0.15) is 41.2 Å². The summed E-state index contributed by atoms with van der Waals surface area (Å²) in [6.45, 7) is 4.02. The lowest BCUT2D eigenvalue weighted by Gasteiger charge is -2.38. The van der Waals surface area contributed by atoms with Crippen LogP contribution in [0.5, 0.6) is 5.75 Å². The van der Waals surface area contributed by atoms with E-state index in [-0.39, 0.29) is 12.1 Å². The van der Waals surface area contributed by atoms with Gasteiger partial charge in [0.05, 0.1) is 17.7 Å². The molecule has 2 aromatic carbocycles. The molecular weight excluding hydrogens is 322 g/mol. The van der Waals surface area contributed by atoms with E-state index in [4.69, 9.17) is 15.7 Å². The number of piperidine rings is 1. The van der Waals surface area contributed by atoms with Crippen molar-refractivity contribution in [1.29, 1.82) is 5.26 Å². The molecule has 1 aliphatic carbocycles. The molecule has 2 aromatic rings. The van der Waals surface area contributed by atoms with Crippen LogP contribution in [0.3, 0.4) is 0 Å². The van der Waals surface area contributed by atoms with Gasteiger partial charge in [0.2, 0.25) is 0 Å². The summed E-state index contributed by atoms with van der Waals surface area (Å²) >= 11 is 0. The van der Waals surface area contributed by atoms with Crippen molar-refractivity contribution in [3.63, 3.8) is 0 Å². The molecule has 0 unspecified atom stereocenters. The standard InChI is InChI=1S/C22H25N3O/c1-15-11-16(13-23)8-9-21(15)26-22-19-7-3-2-5-17(19)12-20(22)25-10-4-6-18(24)14-25/h2-3,5,7-9,11,18,20,22H,4,6,10,12,14,24H2,1H3/t18-,20-,22-/m1/s1. The van der Waals surface area contributed by atoms with Gasteiger partial charge in [0.1, 0.15) is 11.9 Å². The third kappa shape index (κ3) is 3.21. The highest BCUT2D eigenvalue weighted by molar-refractivity contribution is 5.43. The Balaban J connectivity index is 1.64. The largest absolute Gasteiger partial charge is 0.484 e. The maximum Gasteiger partial charge on any atom is 0.140 e. The number of aryl methyl sites for hydroxylation is 1. The molecule has 2 aliphatic rings. The van der Waals surface area contributed by atoms with Crippen LogP contribution in [-0.4, -0.2) is 30.1 Å². The number of rotatable bonds is 3. The second-order valence-corrected chi connectivity index (χ2v) is 7.50. The molecule has 134 valence electrons. The molecule has 0 amide bonds. The zero-order valence-corrected chi connectivity index (χ0v) is 15.2. The predicted molar refractivity (Wildman–Crippen MR) is 102 cm³/mol. The van der Waals surface area contributed by atoms with Crippen molar-refractivity contribution in [3.05, 3.63) is 64.7 Å². The van der Waals surface area contributed by atoms with Gasteiger partial charge in [-0.25, -0.2) is 0 Å². The van der Waals surface area contributed by atoms with Crippen molar-refractivity contribution in [1.82, 2.24) is 4.90 Å². The molecule has 2 N–H and O–H groups in total. The van der Waals surface area contributed by atoms with Crippen molar-refractivity contribution in [2.75, 3.05) is 13.1 Å². The predicted octanol–water partition coefficient (Wildman–Crippen LogP) is 3.33. The smallest absolute Gasteiger partial charge is 0.140 e. The summed E-state index contributed by atoms with van der Waals surface area (Å²) in [6.07, 6.45) is 3.26. The van der Waals surface area contributed by atoms with E-state index in [0.717, 1.165) is 43.7 Å². The molecule has 0 radical (unpaired) electrons. The Bertz CT molecular complexity index is 842. The van der Waals surface area contributed by atoms with Gasteiger partial charge in [-0.05, 0) is 67.6 Å². The lowest BCUT2D eigenvalue weighted by Crippen LogP contribution is -2.49. The third-order valence-electron chi connectivity index (χ3n) is 5.66. The molecule has 0 saturated carbocycles. The summed E-state index contributed by atoms with van der Waals surface area (Å²) in [7, 11) is 0. The summed E-state index contributed by atoms with van der Waals surface area (Å²) in [5.74, 6) is 0.858. The van der Waals surface area contributed by atoms with Gasteiger partial charge in [0.15, 0.2) is 0 Å². The van der Waals surface area contributed by atoms with Crippen molar-refractivity contribution in [3.8, 4) is 11.8 Å². The Kier molecular flexibility index (Phi) is 4.67. The molecule has 1 fully saturated rings. The lowest BCUT2D eigenvalue weighted by molar-refractivity contribution is 0.0589. The van der Waals surface area contributed by atoms with Crippen molar-refractivity contribution in [2.45, 2.75) is 44.4 Å². The summed E-state index contributed by atoms with van der Waals surface area (Å²) in [6, 6.07) is 17.0. The quantitative estimate of drug-likeness (QED) is 0.925. The molecule has 4 nitrogen and oxygen atoms in total. The summed E-state index contributed by atoms with van der Waals surface area (Å²) in [5, 5.41) is 9.10. The fourth-order valence-corrected chi connectivity index (χ4v) is 4.33. The first kappa shape index (κ1) is 17.1. The number of benzene rings is 2. The lowest BCUT2D eigenvalue weighted by atomic mass is 10.0. The van der Waals surface area contributed by atoms with Gasteiger partial charge in [-0.1, -0.05) is 24.3 Å². The zero-order valence-electron chi connectivity index (χ0n) is 15.2. The number of nitriles is 1. The van der Waals surface area contributed by atoms with E-state index in [9.17, 15) is 0 Å². The van der Waals surface area contributed by atoms with Crippen LogP contribution < -0.4 is 10.5 Å². The monoisotopic (exact) mass is 347 g/mol. The van der Waals surface area contributed by atoms with Crippen LogP contribution in [0.15, 0.2) is 42.5 Å². The first-order chi connectivity index (χ1) is 12.7. The van der Waals surface area contributed by atoms with E-state index >= 15 is 0 Å². The average molecular weight is 347 g/mol. The molecule has 26 heavy (non-hydrogen) atoms. The van der Waals surface area contributed by atoms with Gasteiger partial charge >= 0.3 is 0 Å². The van der Waals surface area contributed by atoms with Crippen LogP contribution in [0.2, 0.25) is 0 Å². The summed E-state index contributed by atoms with van der Waals surface area (Å²) < 4.78 is 6.54. The molecule has 1 aliphatic heterocycles.